The molecule has 0 saturated carbocycles. The Bertz CT molecular complexity index is 2810. The zero-order valence-electron chi connectivity index (χ0n) is 35.0. The zero-order valence-corrected chi connectivity index (χ0v) is 36.6. The van der Waals surface area contributed by atoms with Gasteiger partial charge in [0.2, 0.25) is 5.91 Å². The van der Waals surface area contributed by atoms with Gasteiger partial charge in [0.1, 0.15) is 0 Å². The Labute approximate surface area is 375 Å². The van der Waals surface area contributed by atoms with Crippen molar-refractivity contribution in [3.8, 4) is 0 Å². The van der Waals surface area contributed by atoms with Gasteiger partial charge in [0, 0.05) is 51.4 Å². The number of carboxylic acid groups (broad SMARTS) is 1. The molecular formula is C42H43B2F6N3O11S2. The van der Waals surface area contributed by atoms with Crippen LogP contribution in [-0.4, -0.2) is 109 Å². The van der Waals surface area contributed by atoms with Crippen molar-refractivity contribution in [2.24, 2.45) is 0 Å². The second-order valence-electron chi connectivity index (χ2n) is 15.4. The van der Waals surface area contributed by atoms with Gasteiger partial charge in [-0.1, -0.05) is 67.2 Å². The first kappa shape index (κ1) is 51.7. The summed E-state index contributed by atoms with van der Waals surface area (Å²) in [6, 6.07) is 18.0. The number of hydrogen-bond acceptors (Lipinski definition) is 12. The maximum atomic E-state index is 13.7. The number of carbonyl (C=O) groups is 2. The van der Waals surface area contributed by atoms with Crippen molar-refractivity contribution in [2.45, 2.75) is 66.8 Å². The summed E-state index contributed by atoms with van der Waals surface area (Å²) in [5.41, 5.74) is -11.0. The summed E-state index contributed by atoms with van der Waals surface area (Å²) in [7, 11) is -16.2. The van der Waals surface area contributed by atoms with Crippen molar-refractivity contribution in [3.05, 3.63) is 119 Å². The standard InChI is InChI=1S/C42H43B2F6N3O11S2/c1-26(2)40(56)51-17-7-18-52(22-27-20-29(12-14-37(27)43(57)58)65(61,62)41(45,46)47)24-35-31-8-3-5-10-33(31)36(34-11-6-4-9-32(34)35)25-53(19-16-39(54)55)23-28-21-30(13-15-38(28)44(59)60)66(63,64)42(48,49)50/h3-6,8-15,20-21,57-60H,1,7,16-19,22-25H2,2H3,(H,51,56)(H,54,55). The minimum Gasteiger partial charge on any atom is -0.481 e. The van der Waals surface area contributed by atoms with Gasteiger partial charge in [-0.3, -0.25) is 19.4 Å². The fourth-order valence-corrected chi connectivity index (χ4v) is 9.08. The second kappa shape index (κ2) is 20.7. The van der Waals surface area contributed by atoms with Gasteiger partial charge in [0.05, 0.1) is 16.2 Å². The van der Waals surface area contributed by atoms with Crippen LogP contribution in [0.5, 0.6) is 0 Å². The smallest absolute Gasteiger partial charge is 0.481 e. The quantitative estimate of drug-likeness (QED) is 0.0217. The highest BCUT2D eigenvalue weighted by Gasteiger charge is 2.48. The molecule has 0 saturated heterocycles. The molecule has 0 bridgehead atoms. The number of rotatable bonds is 20. The highest BCUT2D eigenvalue weighted by molar-refractivity contribution is 7.92. The van der Waals surface area contributed by atoms with E-state index < -0.39 is 79.6 Å². The SMILES string of the molecule is C=C(C)C(=O)NCCCN(Cc1cc(S(=O)(=O)C(F)(F)F)ccc1B(O)O)Cc1c2ccccc2c(CN(CCC(=O)O)Cc2cc(S(=O)(=O)C(F)(F)F)ccc2B(O)O)c2ccccc12. The van der Waals surface area contributed by atoms with Crippen molar-refractivity contribution in [3.63, 3.8) is 0 Å². The Balaban J connectivity index is 1.65. The lowest BCUT2D eigenvalue weighted by atomic mass is 9.77. The summed E-state index contributed by atoms with van der Waals surface area (Å²) in [6.07, 6.45) is -0.262. The Hall–Kier alpha value is -5.33. The first-order valence-corrected chi connectivity index (χ1v) is 22.8. The molecule has 1 amide bonds. The van der Waals surface area contributed by atoms with E-state index in [1.165, 1.54) is 11.8 Å². The average molecular weight is 966 g/mol. The summed E-state index contributed by atoms with van der Waals surface area (Å²) in [6.45, 7) is 4.10. The number of nitrogens with zero attached hydrogens (tertiary/aromatic N) is 2. The average Bonchev–Trinajstić information content (AvgIpc) is 3.23. The van der Waals surface area contributed by atoms with Crippen LogP contribution >= 0.6 is 0 Å². The molecule has 5 rings (SSSR count). The number of sulfone groups is 2. The van der Waals surface area contributed by atoms with Gasteiger partial charge in [-0.05, 0) is 92.3 Å². The van der Waals surface area contributed by atoms with Crippen LogP contribution in [0.4, 0.5) is 26.3 Å². The van der Waals surface area contributed by atoms with Crippen LogP contribution in [0.3, 0.4) is 0 Å². The van der Waals surface area contributed by atoms with Crippen LogP contribution in [0, 0.1) is 0 Å². The molecule has 5 aromatic rings. The van der Waals surface area contributed by atoms with E-state index in [9.17, 15) is 78.0 Å². The fourth-order valence-electron chi connectivity index (χ4n) is 7.46. The van der Waals surface area contributed by atoms with E-state index in [-0.39, 0.29) is 73.3 Å². The van der Waals surface area contributed by atoms with Gasteiger partial charge < -0.3 is 30.5 Å². The molecule has 24 heteroatoms. The monoisotopic (exact) mass is 965 g/mol. The van der Waals surface area contributed by atoms with E-state index in [0.717, 1.165) is 12.1 Å². The van der Waals surface area contributed by atoms with Gasteiger partial charge in [-0.25, -0.2) is 16.8 Å². The number of nitrogens with one attached hydrogen (secondary N) is 1. The molecule has 14 nitrogen and oxygen atoms in total. The second-order valence-corrected chi connectivity index (χ2v) is 19.3. The van der Waals surface area contributed by atoms with Gasteiger partial charge in [0.15, 0.2) is 0 Å². The molecule has 0 fully saturated rings. The van der Waals surface area contributed by atoms with E-state index in [4.69, 9.17) is 0 Å². The third-order valence-electron chi connectivity index (χ3n) is 10.7. The van der Waals surface area contributed by atoms with E-state index in [2.05, 4.69) is 11.9 Å². The molecule has 0 heterocycles. The first-order valence-electron chi connectivity index (χ1n) is 19.9. The Morgan fingerprint density at radius 1 is 0.636 bits per heavy atom. The topological polar surface area (TPSA) is 222 Å². The minimum absolute atomic E-state index is 0.0199. The number of aliphatic carboxylic acids is 1. The summed E-state index contributed by atoms with van der Waals surface area (Å²) in [5.74, 6) is -1.69. The summed E-state index contributed by atoms with van der Waals surface area (Å²) in [5, 5.41) is 55.4. The van der Waals surface area contributed by atoms with Gasteiger partial charge in [-0.15, -0.1) is 0 Å². The van der Waals surface area contributed by atoms with Crippen molar-refractivity contribution < 1.29 is 78.0 Å². The molecule has 0 unspecified atom stereocenters. The summed E-state index contributed by atoms with van der Waals surface area (Å²) in [4.78, 5) is 25.0. The normalized spacial score (nSPS) is 12.6. The predicted octanol–water partition coefficient (Wildman–Crippen LogP) is 3.50. The third kappa shape index (κ3) is 11.8. The number of amides is 1. The van der Waals surface area contributed by atoms with Crippen molar-refractivity contribution in [2.75, 3.05) is 19.6 Å². The molecule has 0 aromatic heterocycles. The number of hydrogen-bond donors (Lipinski definition) is 6. The molecule has 0 aliphatic carbocycles. The van der Waals surface area contributed by atoms with Crippen LogP contribution in [0.2, 0.25) is 0 Å². The largest absolute Gasteiger partial charge is 0.501 e. The lowest BCUT2D eigenvalue weighted by Crippen LogP contribution is -2.37. The van der Waals surface area contributed by atoms with Crippen LogP contribution in [0.25, 0.3) is 21.5 Å². The van der Waals surface area contributed by atoms with Crippen LogP contribution in [0.1, 0.15) is 42.0 Å². The minimum atomic E-state index is -5.89. The van der Waals surface area contributed by atoms with E-state index >= 15 is 0 Å². The Morgan fingerprint density at radius 2 is 1.02 bits per heavy atom. The number of benzene rings is 5. The lowest BCUT2D eigenvalue weighted by molar-refractivity contribution is -0.137. The van der Waals surface area contributed by atoms with Crippen molar-refractivity contribution >= 4 is 78.3 Å². The first-order chi connectivity index (χ1) is 30.7. The van der Waals surface area contributed by atoms with E-state index in [1.807, 2.05) is 0 Å². The summed E-state index contributed by atoms with van der Waals surface area (Å²) < 4.78 is 132. The van der Waals surface area contributed by atoms with Crippen molar-refractivity contribution in [1.29, 1.82) is 0 Å². The maximum Gasteiger partial charge on any atom is 0.501 e. The molecule has 0 spiro atoms. The van der Waals surface area contributed by atoms with Crippen LogP contribution < -0.4 is 16.2 Å². The molecule has 0 radical (unpaired) electrons. The molecule has 0 aliphatic rings. The Morgan fingerprint density at radius 3 is 1.35 bits per heavy atom. The van der Waals surface area contributed by atoms with Gasteiger partial charge in [-0.2, -0.15) is 26.3 Å². The fraction of sp³-hybridized carbons (Fsp3) is 0.286. The molecular weight excluding hydrogens is 922 g/mol. The molecule has 0 aliphatic heterocycles. The number of halogens is 6. The highest BCUT2D eigenvalue weighted by atomic mass is 32.2. The molecule has 6 N–H and O–H groups in total. The lowest BCUT2D eigenvalue weighted by Gasteiger charge is -2.28. The Kier molecular flexibility index (Phi) is 16.2. The predicted molar refractivity (Wildman–Crippen MR) is 233 cm³/mol. The number of carboxylic acids is 1. The number of fused-ring (bicyclic) bond motifs is 2. The van der Waals surface area contributed by atoms with Gasteiger partial charge in [0.25, 0.3) is 19.7 Å². The third-order valence-corrected chi connectivity index (χ3v) is 13.7. The van der Waals surface area contributed by atoms with E-state index in [0.29, 0.717) is 56.9 Å². The van der Waals surface area contributed by atoms with Crippen LogP contribution in [-0.2, 0) is 55.4 Å². The van der Waals surface area contributed by atoms with E-state index in [1.54, 1.807) is 53.4 Å². The van der Waals surface area contributed by atoms with Gasteiger partial charge >= 0.3 is 31.2 Å². The van der Waals surface area contributed by atoms with Crippen LogP contribution in [0.15, 0.2) is 107 Å². The molecule has 66 heavy (non-hydrogen) atoms. The maximum absolute atomic E-state index is 13.7. The summed E-state index contributed by atoms with van der Waals surface area (Å²) >= 11 is 0. The number of alkyl halides is 6. The molecule has 5 aromatic carbocycles. The number of carbonyl (C=O) groups excluding carboxylic acids is 1. The highest BCUT2D eigenvalue weighted by Crippen LogP contribution is 2.36. The molecule has 352 valence electrons. The van der Waals surface area contributed by atoms with Crippen molar-refractivity contribution in [1.82, 2.24) is 15.1 Å². The zero-order chi connectivity index (χ0) is 48.9. The molecule has 0 atom stereocenters.